The lowest BCUT2D eigenvalue weighted by molar-refractivity contribution is 0.0951. The lowest BCUT2D eigenvalue weighted by Crippen LogP contribution is -2.27. The van der Waals surface area contributed by atoms with Crippen molar-refractivity contribution in [2.75, 3.05) is 18.8 Å². The van der Waals surface area contributed by atoms with Crippen LogP contribution in [0.1, 0.15) is 54.4 Å². The van der Waals surface area contributed by atoms with Gasteiger partial charge in [0, 0.05) is 18.8 Å². The van der Waals surface area contributed by atoms with E-state index in [1.54, 1.807) is 0 Å². The van der Waals surface area contributed by atoms with Crippen molar-refractivity contribution in [2.45, 2.75) is 46.1 Å². The van der Waals surface area contributed by atoms with Crippen molar-refractivity contribution in [3.8, 4) is 0 Å². The second kappa shape index (κ2) is 10.6. The van der Waals surface area contributed by atoms with E-state index in [1.807, 2.05) is 19.1 Å². The summed E-state index contributed by atoms with van der Waals surface area (Å²) in [5.41, 5.74) is 2.46. The lowest BCUT2D eigenvalue weighted by atomic mass is 10.2. The van der Waals surface area contributed by atoms with Crippen LogP contribution in [0.5, 0.6) is 0 Å². The summed E-state index contributed by atoms with van der Waals surface area (Å²) in [7, 11) is 0. The van der Waals surface area contributed by atoms with Crippen molar-refractivity contribution in [1.82, 2.24) is 15.6 Å². The fourth-order valence-corrected chi connectivity index (χ4v) is 2.21. The largest absolute Gasteiger partial charge is 0.350 e. The number of unbranched alkanes of at least 4 members (excludes halogenated alkanes) is 3. The van der Waals surface area contributed by atoms with Crippen LogP contribution in [0.2, 0.25) is 0 Å². The highest BCUT2D eigenvalue weighted by Crippen LogP contribution is 2.06. The maximum absolute atomic E-state index is 11.9. The van der Waals surface area contributed by atoms with Gasteiger partial charge in [0.05, 0.1) is 5.69 Å². The van der Waals surface area contributed by atoms with Crippen LogP contribution in [-0.4, -0.2) is 29.7 Å². The summed E-state index contributed by atoms with van der Waals surface area (Å²) in [5, 5.41) is 6.19. The number of hydrogen-bond donors (Lipinski definition) is 3. The van der Waals surface area contributed by atoms with Crippen LogP contribution in [0.4, 0.5) is 0 Å². The Labute approximate surface area is 133 Å². The molecule has 0 aliphatic rings. The Hall–Kier alpha value is -1.07. The SMILES string of the molecule is CCCCCCNCc1cc(C)cc(C(=O)NCCS)n1. The second-order valence-corrected chi connectivity index (χ2v) is 5.69. The monoisotopic (exact) mass is 309 g/mol. The Morgan fingerprint density at radius 3 is 2.76 bits per heavy atom. The Morgan fingerprint density at radius 1 is 1.24 bits per heavy atom. The number of carbonyl (C=O) groups is 1. The molecular weight excluding hydrogens is 282 g/mol. The highest BCUT2D eigenvalue weighted by atomic mass is 32.1. The maximum Gasteiger partial charge on any atom is 0.269 e. The van der Waals surface area contributed by atoms with Gasteiger partial charge in [-0.05, 0) is 37.6 Å². The third-order valence-electron chi connectivity index (χ3n) is 3.17. The minimum atomic E-state index is -0.128. The zero-order valence-electron chi connectivity index (χ0n) is 13.1. The van der Waals surface area contributed by atoms with Crippen molar-refractivity contribution in [3.63, 3.8) is 0 Å². The number of thiol groups is 1. The van der Waals surface area contributed by atoms with Crippen molar-refractivity contribution in [3.05, 3.63) is 29.1 Å². The highest BCUT2D eigenvalue weighted by molar-refractivity contribution is 7.80. The van der Waals surface area contributed by atoms with Gasteiger partial charge < -0.3 is 10.6 Å². The van der Waals surface area contributed by atoms with Crippen LogP contribution in [-0.2, 0) is 6.54 Å². The Bertz CT molecular complexity index is 438. The Kier molecular flexibility index (Phi) is 9.10. The molecule has 118 valence electrons. The summed E-state index contributed by atoms with van der Waals surface area (Å²) in [6.45, 7) is 6.46. The van der Waals surface area contributed by atoms with Crippen LogP contribution >= 0.6 is 12.6 Å². The predicted octanol–water partition coefficient (Wildman–Crippen LogP) is 2.72. The number of carbonyl (C=O) groups excluding carboxylic acids is 1. The molecule has 0 aromatic carbocycles. The summed E-state index contributed by atoms with van der Waals surface area (Å²) in [5.74, 6) is 0.501. The average Bonchev–Trinajstić information content (AvgIpc) is 2.47. The zero-order chi connectivity index (χ0) is 15.5. The molecular formula is C16H27N3OS. The summed E-state index contributed by atoms with van der Waals surface area (Å²) in [6, 6.07) is 3.84. The van der Waals surface area contributed by atoms with Gasteiger partial charge >= 0.3 is 0 Å². The molecule has 1 rings (SSSR count). The van der Waals surface area contributed by atoms with E-state index in [-0.39, 0.29) is 5.91 Å². The standard InChI is InChI=1S/C16H27N3OS/c1-3-4-5-6-7-17-12-14-10-13(2)11-15(19-14)16(20)18-8-9-21/h10-11,17,21H,3-9,12H2,1-2H3,(H,18,20). The predicted molar refractivity (Wildman–Crippen MR) is 91.0 cm³/mol. The normalized spacial score (nSPS) is 10.6. The van der Waals surface area contributed by atoms with Gasteiger partial charge in [-0.25, -0.2) is 4.98 Å². The minimum Gasteiger partial charge on any atom is -0.350 e. The van der Waals surface area contributed by atoms with E-state index < -0.39 is 0 Å². The second-order valence-electron chi connectivity index (χ2n) is 5.24. The first-order valence-corrected chi connectivity index (χ1v) is 8.38. The van der Waals surface area contributed by atoms with Gasteiger partial charge in [0.25, 0.3) is 5.91 Å². The Morgan fingerprint density at radius 2 is 2.05 bits per heavy atom. The molecule has 0 atom stereocenters. The molecule has 0 unspecified atom stereocenters. The average molecular weight is 309 g/mol. The van der Waals surface area contributed by atoms with E-state index >= 15 is 0 Å². The molecule has 0 fully saturated rings. The minimum absolute atomic E-state index is 0.128. The molecule has 0 saturated heterocycles. The van der Waals surface area contributed by atoms with E-state index in [4.69, 9.17) is 0 Å². The van der Waals surface area contributed by atoms with Crippen LogP contribution in [0, 0.1) is 6.92 Å². The summed E-state index contributed by atoms with van der Waals surface area (Å²) in [4.78, 5) is 16.3. The van der Waals surface area contributed by atoms with Crippen LogP contribution in [0.3, 0.4) is 0 Å². The number of nitrogens with zero attached hydrogens (tertiary/aromatic N) is 1. The summed E-state index contributed by atoms with van der Waals surface area (Å²) >= 11 is 4.08. The number of amides is 1. The van der Waals surface area contributed by atoms with E-state index in [9.17, 15) is 4.79 Å². The molecule has 4 nitrogen and oxygen atoms in total. The number of aryl methyl sites for hydroxylation is 1. The van der Waals surface area contributed by atoms with E-state index in [2.05, 4.69) is 35.2 Å². The molecule has 0 aliphatic heterocycles. The van der Waals surface area contributed by atoms with Gasteiger partial charge in [0.15, 0.2) is 0 Å². The van der Waals surface area contributed by atoms with Crippen molar-refractivity contribution >= 4 is 18.5 Å². The van der Waals surface area contributed by atoms with Crippen molar-refractivity contribution < 1.29 is 4.79 Å². The van der Waals surface area contributed by atoms with Gasteiger partial charge in [0.2, 0.25) is 0 Å². The number of rotatable bonds is 10. The molecule has 1 aromatic heterocycles. The molecule has 1 heterocycles. The van der Waals surface area contributed by atoms with E-state index in [0.29, 0.717) is 24.5 Å². The van der Waals surface area contributed by atoms with Gasteiger partial charge in [0.1, 0.15) is 5.69 Å². The lowest BCUT2D eigenvalue weighted by Gasteiger charge is -2.08. The van der Waals surface area contributed by atoms with Crippen molar-refractivity contribution in [2.24, 2.45) is 0 Å². The quantitative estimate of drug-likeness (QED) is 0.460. The fraction of sp³-hybridized carbons (Fsp3) is 0.625. The van der Waals surface area contributed by atoms with Gasteiger partial charge in [-0.15, -0.1) is 0 Å². The van der Waals surface area contributed by atoms with Crippen LogP contribution in [0.15, 0.2) is 12.1 Å². The molecule has 1 aromatic rings. The molecule has 0 saturated carbocycles. The van der Waals surface area contributed by atoms with E-state index in [1.165, 1.54) is 25.7 Å². The topological polar surface area (TPSA) is 54.0 Å². The molecule has 0 aliphatic carbocycles. The number of nitrogens with one attached hydrogen (secondary N) is 2. The molecule has 0 bridgehead atoms. The summed E-state index contributed by atoms with van der Waals surface area (Å²) < 4.78 is 0. The molecule has 0 spiro atoms. The first-order chi connectivity index (χ1) is 10.2. The van der Waals surface area contributed by atoms with Crippen LogP contribution < -0.4 is 10.6 Å². The number of hydrogen-bond acceptors (Lipinski definition) is 4. The summed E-state index contributed by atoms with van der Waals surface area (Å²) in [6.07, 6.45) is 5.00. The highest BCUT2D eigenvalue weighted by Gasteiger charge is 2.08. The smallest absolute Gasteiger partial charge is 0.269 e. The van der Waals surface area contributed by atoms with Crippen LogP contribution in [0.25, 0.3) is 0 Å². The molecule has 0 radical (unpaired) electrons. The Balaban J connectivity index is 2.47. The molecule has 1 amide bonds. The first kappa shape index (κ1) is 18.0. The molecule has 21 heavy (non-hydrogen) atoms. The van der Waals surface area contributed by atoms with Gasteiger partial charge in [-0.2, -0.15) is 12.6 Å². The van der Waals surface area contributed by atoms with Gasteiger partial charge in [-0.1, -0.05) is 26.2 Å². The van der Waals surface area contributed by atoms with Crippen molar-refractivity contribution in [1.29, 1.82) is 0 Å². The van der Waals surface area contributed by atoms with Gasteiger partial charge in [-0.3, -0.25) is 4.79 Å². The van der Waals surface area contributed by atoms with E-state index in [0.717, 1.165) is 17.8 Å². The molecule has 2 N–H and O–H groups in total. The third-order valence-corrected chi connectivity index (χ3v) is 3.39. The fourth-order valence-electron chi connectivity index (χ4n) is 2.10. The number of aromatic nitrogens is 1. The number of pyridine rings is 1. The molecule has 5 heteroatoms. The maximum atomic E-state index is 11.9. The third kappa shape index (κ3) is 7.48. The first-order valence-electron chi connectivity index (χ1n) is 7.74. The zero-order valence-corrected chi connectivity index (χ0v) is 14.0.